The molecule has 0 radical (unpaired) electrons. The van der Waals surface area contributed by atoms with Gasteiger partial charge < -0.3 is 15.4 Å². The van der Waals surface area contributed by atoms with Crippen LogP contribution in [0.25, 0.3) is 22.2 Å². The van der Waals surface area contributed by atoms with Crippen molar-refractivity contribution in [3.8, 4) is 11.1 Å². The van der Waals surface area contributed by atoms with Crippen LogP contribution < -0.4 is 5.32 Å². The Morgan fingerprint density at radius 3 is 2.88 bits per heavy atom. The number of nitrogens with one attached hydrogen (secondary N) is 2. The first-order valence-corrected chi connectivity index (χ1v) is 8.60. The summed E-state index contributed by atoms with van der Waals surface area (Å²) >= 11 is 0. The number of H-pyrrole nitrogens is 1. The molecule has 0 aliphatic rings. The van der Waals surface area contributed by atoms with E-state index < -0.39 is 6.10 Å². The molecule has 0 fully saturated rings. The summed E-state index contributed by atoms with van der Waals surface area (Å²) in [5.74, 6) is 0.793. The van der Waals surface area contributed by atoms with Crippen molar-refractivity contribution in [2.24, 2.45) is 0 Å². The number of aromatic amines is 1. The standard InChI is InChI=1S/C21H20N4O/c1-14(26)16-5-2-6-17(10-16)19-11-20(25-21-18(19)7-9-23-21)24-13-15-4-3-8-22-12-15/h2-12,14,26H,13H2,1H3,(H2,23,24,25)/t14-/m0/s1. The molecular formula is C21H20N4O. The number of hydrogen-bond donors (Lipinski definition) is 3. The Hall–Kier alpha value is -3.18. The summed E-state index contributed by atoms with van der Waals surface area (Å²) in [6.07, 6.45) is 5.00. The zero-order chi connectivity index (χ0) is 17.9. The highest BCUT2D eigenvalue weighted by Gasteiger charge is 2.11. The normalized spacial score (nSPS) is 12.2. The van der Waals surface area contributed by atoms with E-state index in [0.29, 0.717) is 6.54 Å². The van der Waals surface area contributed by atoms with E-state index in [2.05, 4.69) is 26.3 Å². The smallest absolute Gasteiger partial charge is 0.140 e. The van der Waals surface area contributed by atoms with Crippen LogP contribution in [0.15, 0.2) is 67.1 Å². The van der Waals surface area contributed by atoms with Gasteiger partial charge in [-0.3, -0.25) is 4.98 Å². The summed E-state index contributed by atoms with van der Waals surface area (Å²) in [5.41, 5.74) is 4.96. The lowest BCUT2D eigenvalue weighted by molar-refractivity contribution is 0.199. The number of aliphatic hydroxyl groups excluding tert-OH is 1. The van der Waals surface area contributed by atoms with Gasteiger partial charge in [-0.15, -0.1) is 0 Å². The van der Waals surface area contributed by atoms with Crippen molar-refractivity contribution in [3.05, 3.63) is 78.2 Å². The average molecular weight is 344 g/mol. The predicted octanol–water partition coefficient (Wildman–Crippen LogP) is 4.29. The third-order valence-electron chi connectivity index (χ3n) is 4.41. The summed E-state index contributed by atoms with van der Waals surface area (Å²) in [6.45, 7) is 2.43. The third-order valence-corrected chi connectivity index (χ3v) is 4.41. The SMILES string of the molecule is C[C@H](O)c1cccc(-c2cc(NCc3cccnc3)nc3[nH]ccc23)c1. The molecule has 3 heterocycles. The summed E-state index contributed by atoms with van der Waals surface area (Å²) in [7, 11) is 0. The number of aromatic nitrogens is 3. The van der Waals surface area contributed by atoms with Gasteiger partial charge in [-0.05, 0) is 53.4 Å². The molecule has 0 amide bonds. The molecule has 4 rings (SSSR count). The Morgan fingerprint density at radius 1 is 1.15 bits per heavy atom. The van der Waals surface area contributed by atoms with Crippen LogP contribution in [0, 0.1) is 0 Å². The second-order valence-electron chi connectivity index (χ2n) is 6.31. The van der Waals surface area contributed by atoms with Crippen LogP contribution >= 0.6 is 0 Å². The molecule has 26 heavy (non-hydrogen) atoms. The van der Waals surface area contributed by atoms with Gasteiger partial charge in [-0.2, -0.15) is 0 Å². The fourth-order valence-corrected chi connectivity index (χ4v) is 3.03. The van der Waals surface area contributed by atoms with E-state index in [4.69, 9.17) is 0 Å². The molecule has 0 spiro atoms. The summed E-state index contributed by atoms with van der Waals surface area (Å²) < 4.78 is 0. The average Bonchev–Trinajstić information content (AvgIpc) is 3.15. The molecular weight excluding hydrogens is 324 g/mol. The number of hydrogen-bond acceptors (Lipinski definition) is 4. The molecule has 3 N–H and O–H groups in total. The number of fused-ring (bicyclic) bond motifs is 1. The first-order valence-electron chi connectivity index (χ1n) is 8.60. The number of benzene rings is 1. The van der Waals surface area contributed by atoms with Crippen LogP contribution in [0.1, 0.15) is 24.2 Å². The molecule has 0 aliphatic heterocycles. The monoisotopic (exact) mass is 344 g/mol. The molecule has 0 aliphatic carbocycles. The zero-order valence-electron chi connectivity index (χ0n) is 14.5. The molecule has 5 nitrogen and oxygen atoms in total. The van der Waals surface area contributed by atoms with Gasteiger partial charge in [-0.25, -0.2) is 4.98 Å². The van der Waals surface area contributed by atoms with E-state index in [1.54, 1.807) is 13.1 Å². The van der Waals surface area contributed by atoms with Gasteiger partial charge in [-0.1, -0.05) is 24.3 Å². The number of nitrogens with zero attached hydrogens (tertiary/aromatic N) is 2. The number of rotatable bonds is 5. The second-order valence-corrected chi connectivity index (χ2v) is 6.31. The van der Waals surface area contributed by atoms with Gasteiger partial charge in [0.2, 0.25) is 0 Å². The lowest BCUT2D eigenvalue weighted by atomic mass is 9.99. The molecule has 3 aromatic heterocycles. The van der Waals surface area contributed by atoms with Crippen molar-refractivity contribution in [2.75, 3.05) is 5.32 Å². The molecule has 1 atom stereocenters. The summed E-state index contributed by atoms with van der Waals surface area (Å²) in [4.78, 5) is 12.0. The Bertz CT molecular complexity index is 1020. The third kappa shape index (κ3) is 3.30. The number of aliphatic hydroxyl groups is 1. The zero-order valence-corrected chi connectivity index (χ0v) is 14.5. The van der Waals surface area contributed by atoms with E-state index in [9.17, 15) is 5.11 Å². The lowest BCUT2D eigenvalue weighted by Crippen LogP contribution is -2.02. The molecule has 0 saturated heterocycles. The molecule has 5 heteroatoms. The van der Waals surface area contributed by atoms with Crippen LogP contribution in [0.5, 0.6) is 0 Å². The Labute approximate surface area is 151 Å². The van der Waals surface area contributed by atoms with Gasteiger partial charge in [0.1, 0.15) is 11.5 Å². The van der Waals surface area contributed by atoms with Crippen molar-refractivity contribution in [3.63, 3.8) is 0 Å². The number of anilines is 1. The first kappa shape index (κ1) is 16.3. The van der Waals surface area contributed by atoms with Crippen molar-refractivity contribution in [1.82, 2.24) is 15.0 Å². The summed E-state index contributed by atoms with van der Waals surface area (Å²) in [6, 6.07) is 16.0. The van der Waals surface area contributed by atoms with Crippen LogP contribution in [-0.4, -0.2) is 20.1 Å². The molecule has 0 bridgehead atoms. The fraction of sp³-hybridized carbons (Fsp3) is 0.143. The van der Waals surface area contributed by atoms with Gasteiger partial charge >= 0.3 is 0 Å². The highest BCUT2D eigenvalue weighted by molar-refractivity contribution is 5.94. The molecule has 130 valence electrons. The van der Waals surface area contributed by atoms with E-state index in [0.717, 1.165) is 39.1 Å². The van der Waals surface area contributed by atoms with Crippen LogP contribution in [0.3, 0.4) is 0 Å². The lowest BCUT2D eigenvalue weighted by Gasteiger charge is -2.11. The van der Waals surface area contributed by atoms with E-state index >= 15 is 0 Å². The quantitative estimate of drug-likeness (QED) is 0.505. The molecule has 0 saturated carbocycles. The van der Waals surface area contributed by atoms with E-state index in [1.807, 2.05) is 54.9 Å². The van der Waals surface area contributed by atoms with Gasteiger partial charge in [0.25, 0.3) is 0 Å². The predicted molar refractivity (Wildman–Crippen MR) is 104 cm³/mol. The topological polar surface area (TPSA) is 73.8 Å². The van der Waals surface area contributed by atoms with Crippen LogP contribution in [0.2, 0.25) is 0 Å². The first-order chi connectivity index (χ1) is 12.7. The Balaban J connectivity index is 1.72. The van der Waals surface area contributed by atoms with Crippen molar-refractivity contribution >= 4 is 16.9 Å². The van der Waals surface area contributed by atoms with E-state index in [1.165, 1.54) is 0 Å². The van der Waals surface area contributed by atoms with Crippen LogP contribution in [0.4, 0.5) is 5.82 Å². The number of pyridine rings is 2. The van der Waals surface area contributed by atoms with Crippen LogP contribution in [-0.2, 0) is 6.54 Å². The maximum atomic E-state index is 9.90. The minimum atomic E-state index is -0.498. The van der Waals surface area contributed by atoms with Crippen molar-refractivity contribution < 1.29 is 5.11 Å². The fourth-order valence-electron chi connectivity index (χ4n) is 3.03. The minimum absolute atomic E-state index is 0.498. The Kier molecular flexibility index (Phi) is 4.37. The highest BCUT2D eigenvalue weighted by Crippen LogP contribution is 2.31. The maximum Gasteiger partial charge on any atom is 0.140 e. The maximum absolute atomic E-state index is 9.90. The second kappa shape index (κ2) is 6.98. The van der Waals surface area contributed by atoms with Gasteiger partial charge in [0.15, 0.2) is 0 Å². The molecule has 0 unspecified atom stereocenters. The van der Waals surface area contributed by atoms with Gasteiger partial charge in [0, 0.05) is 30.5 Å². The van der Waals surface area contributed by atoms with Crippen molar-refractivity contribution in [2.45, 2.75) is 19.6 Å². The molecule has 1 aromatic carbocycles. The minimum Gasteiger partial charge on any atom is -0.389 e. The molecule has 4 aromatic rings. The van der Waals surface area contributed by atoms with Gasteiger partial charge in [0.05, 0.1) is 6.10 Å². The van der Waals surface area contributed by atoms with E-state index in [-0.39, 0.29) is 0 Å². The van der Waals surface area contributed by atoms with Crippen molar-refractivity contribution in [1.29, 1.82) is 0 Å². The summed E-state index contributed by atoms with van der Waals surface area (Å²) in [5, 5.41) is 14.3. The Morgan fingerprint density at radius 2 is 2.08 bits per heavy atom. The largest absolute Gasteiger partial charge is 0.389 e. The highest BCUT2D eigenvalue weighted by atomic mass is 16.3.